The summed E-state index contributed by atoms with van der Waals surface area (Å²) in [6, 6.07) is 14.1. The Balaban J connectivity index is 1.34. The maximum atomic E-state index is 14.0. The van der Waals surface area contributed by atoms with Gasteiger partial charge in [-0.2, -0.15) is 0 Å². The van der Waals surface area contributed by atoms with E-state index >= 15 is 0 Å². The predicted octanol–water partition coefficient (Wildman–Crippen LogP) is 4.98. The smallest absolute Gasteiger partial charge is 0.255 e. The van der Waals surface area contributed by atoms with E-state index in [-0.39, 0.29) is 5.91 Å². The van der Waals surface area contributed by atoms with Gasteiger partial charge in [0.1, 0.15) is 17.5 Å². The van der Waals surface area contributed by atoms with Crippen molar-refractivity contribution in [2.75, 3.05) is 36.4 Å². The molecule has 1 aliphatic rings. The summed E-state index contributed by atoms with van der Waals surface area (Å²) >= 11 is 5.86. The van der Waals surface area contributed by atoms with Crippen molar-refractivity contribution in [3.05, 3.63) is 88.6 Å². The van der Waals surface area contributed by atoms with Crippen molar-refractivity contribution in [1.29, 1.82) is 0 Å². The summed E-state index contributed by atoms with van der Waals surface area (Å²) in [4.78, 5) is 21.2. The fraction of sp³-hybridized carbons (Fsp3) is 0.250. The standard InChI is InChI=1S/C24H23ClF2N4O/c25-19-5-2-17(3-6-19)24(32)29-21-8-9-23(28-15-21)31-11-1-10-30(12-13-31)16-18-4-7-20(26)14-22(18)27/h2-9,14-15H,1,10-13,16H2,(H,29,32). The van der Waals surface area contributed by atoms with Crippen molar-refractivity contribution in [2.45, 2.75) is 13.0 Å². The maximum Gasteiger partial charge on any atom is 0.255 e. The summed E-state index contributed by atoms with van der Waals surface area (Å²) in [6.07, 6.45) is 2.54. The van der Waals surface area contributed by atoms with Crippen LogP contribution in [0, 0.1) is 11.6 Å². The molecule has 0 atom stereocenters. The van der Waals surface area contributed by atoms with Crippen molar-refractivity contribution in [3.63, 3.8) is 0 Å². The van der Waals surface area contributed by atoms with Crippen LogP contribution in [-0.2, 0) is 6.54 Å². The quantitative estimate of drug-likeness (QED) is 0.588. The number of benzene rings is 2. The molecular formula is C24H23ClF2N4O. The Kier molecular flexibility index (Phi) is 6.97. The minimum atomic E-state index is -0.563. The number of hydrogen-bond acceptors (Lipinski definition) is 4. The molecule has 1 amide bonds. The SMILES string of the molecule is O=C(Nc1ccc(N2CCCN(Cc3ccc(F)cc3F)CC2)nc1)c1ccc(Cl)cc1. The molecule has 1 saturated heterocycles. The van der Waals surface area contributed by atoms with Gasteiger partial charge in [-0.05, 0) is 48.9 Å². The third kappa shape index (κ3) is 5.60. The van der Waals surface area contributed by atoms with E-state index in [9.17, 15) is 13.6 Å². The van der Waals surface area contributed by atoms with E-state index in [4.69, 9.17) is 11.6 Å². The first-order chi connectivity index (χ1) is 15.5. The zero-order valence-corrected chi connectivity index (χ0v) is 18.2. The van der Waals surface area contributed by atoms with E-state index in [0.717, 1.165) is 44.5 Å². The number of anilines is 2. The molecule has 0 bridgehead atoms. The van der Waals surface area contributed by atoms with E-state index in [0.29, 0.717) is 28.4 Å². The van der Waals surface area contributed by atoms with Gasteiger partial charge in [-0.25, -0.2) is 13.8 Å². The van der Waals surface area contributed by atoms with Crippen LogP contribution < -0.4 is 10.2 Å². The Hall–Kier alpha value is -3.03. The molecule has 1 aliphatic heterocycles. The molecule has 0 saturated carbocycles. The summed E-state index contributed by atoms with van der Waals surface area (Å²) < 4.78 is 27.1. The number of pyridine rings is 1. The Bertz CT molecular complexity index is 1080. The molecule has 0 aliphatic carbocycles. The van der Waals surface area contributed by atoms with Gasteiger partial charge < -0.3 is 10.2 Å². The van der Waals surface area contributed by atoms with Crippen molar-refractivity contribution in [1.82, 2.24) is 9.88 Å². The molecule has 2 heterocycles. The summed E-state index contributed by atoms with van der Waals surface area (Å²) in [5.41, 5.74) is 1.62. The molecule has 0 spiro atoms. The van der Waals surface area contributed by atoms with E-state index in [2.05, 4.69) is 20.1 Å². The maximum absolute atomic E-state index is 14.0. The molecule has 0 unspecified atom stereocenters. The number of rotatable bonds is 5. The summed E-state index contributed by atoms with van der Waals surface area (Å²) in [7, 11) is 0. The van der Waals surface area contributed by atoms with E-state index in [1.54, 1.807) is 30.5 Å². The lowest BCUT2D eigenvalue weighted by Gasteiger charge is -2.23. The van der Waals surface area contributed by atoms with Crippen LogP contribution in [0.1, 0.15) is 22.3 Å². The largest absolute Gasteiger partial charge is 0.355 e. The number of carbonyl (C=O) groups is 1. The number of aromatic nitrogens is 1. The highest BCUT2D eigenvalue weighted by atomic mass is 35.5. The number of nitrogens with one attached hydrogen (secondary N) is 1. The van der Waals surface area contributed by atoms with Gasteiger partial charge in [-0.3, -0.25) is 9.69 Å². The average molecular weight is 457 g/mol. The molecule has 0 radical (unpaired) electrons. The van der Waals surface area contributed by atoms with Gasteiger partial charge in [0.25, 0.3) is 5.91 Å². The highest BCUT2D eigenvalue weighted by molar-refractivity contribution is 6.30. The van der Waals surface area contributed by atoms with Gasteiger partial charge in [0.15, 0.2) is 0 Å². The van der Waals surface area contributed by atoms with Gasteiger partial charge in [0.05, 0.1) is 11.9 Å². The molecule has 32 heavy (non-hydrogen) atoms. The molecule has 4 rings (SSSR count). The zero-order chi connectivity index (χ0) is 22.5. The third-order valence-electron chi connectivity index (χ3n) is 5.43. The summed E-state index contributed by atoms with van der Waals surface area (Å²) in [5.74, 6) is -0.477. The summed E-state index contributed by atoms with van der Waals surface area (Å²) in [6.45, 7) is 3.58. The third-order valence-corrected chi connectivity index (χ3v) is 5.69. The minimum absolute atomic E-state index is 0.227. The van der Waals surface area contributed by atoms with Crippen LogP contribution >= 0.6 is 11.6 Å². The van der Waals surface area contributed by atoms with Crippen LogP contribution in [0.3, 0.4) is 0 Å². The topological polar surface area (TPSA) is 48.5 Å². The average Bonchev–Trinajstić information content (AvgIpc) is 3.02. The molecule has 1 aromatic heterocycles. The van der Waals surface area contributed by atoms with Crippen LogP contribution in [-0.4, -0.2) is 42.0 Å². The zero-order valence-electron chi connectivity index (χ0n) is 17.4. The molecular weight excluding hydrogens is 434 g/mol. The molecule has 5 nitrogen and oxygen atoms in total. The van der Waals surface area contributed by atoms with Crippen molar-refractivity contribution in [2.24, 2.45) is 0 Å². The molecule has 8 heteroatoms. The lowest BCUT2D eigenvalue weighted by Crippen LogP contribution is -2.31. The molecule has 1 N–H and O–H groups in total. The van der Waals surface area contributed by atoms with Crippen LogP contribution in [0.15, 0.2) is 60.8 Å². The van der Waals surface area contributed by atoms with E-state index in [1.807, 2.05) is 12.1 Å². The lowest BCUT2D eigenvalue weighted by atomic mass is 10.2. The van der Waals surface area contributed by atoms with Gasteiger partial charge in [0, 0.05) is 54.9 Å². The molecule has 166 valence electrons. The van der Waals surface area contributed by atoms with Crippen molar-refractivity contribution < 1.29 is 13.6 Å². The van der Waals surface area contributed by atoms with Crippen LogP contribution in [0.5, 0.6) is 0 Å². The number of hydrogen-bond donors (Lipinski definition) is 1. The second-order valence-corrected chi connectivity index (χ2v) is 8.16. The predicted molar refractivity (Wildman–Crippen MR) is 122 cm³/mol. The lowest BCUT2D eigenvalue weighted by molar-refractivity contribution is 0.102. The fourth-order valence-electron chi connectivity index (χ4n) is 3.70. The highest BCUT2D eigenvalue weighted by Gasteiger charge is 2.18. The monoisotopic (exact) mass is 456 g/mol. The van der Waals surface area contributed by atoms with Crippen LogP contribution in [0.25, 0.3) is 0 Å². The number of halogens is 3. The Morgan fingerprint density at radius 3 is 2.53 bits per heavy atom. The van der Waals surface area contributed by atoms with Crippen molar-refractivity contribution >= 4 is 29.0 Å². The first kappa shape index (κ1) is 22.2. The van der Waals surface area contributed by atoms with E-state index in [1.165, 1.54) is 12.1 Å². The van der Waals surface area contributed by atoms with Gasteiger partial charge in [0.2, 0.25) is 0 Å². The molecule has 2 aromatic carbocycles. The second kappa shape index (κ2) is 10.1. The van der Waals surface area contributed by atoms with Gasteiger partial charge in [-0.15, -0.1) is 0 Å². The van der Waals surface area contributed by atoms with Crippen LogP contribution in [0.4, 0.5) is 20.3 Å². The summed E-state index contributed by atoms with van der Waals surface area (Å²) in [5, 5.41) is 3.41. The minimum Gasteiger partial charge on any atom is -0.355 e. The second-order valence-electron chi connectivity index (χ2n) is 7.72. The number of carbonyl (C=O) groups excluding carboxylic acids is 1. The van der Waals surface area contributed by atoms with E-state index < -0.39 is 11.6 Å². The van der Waals surface area contributed by atoms with Crippen LogP contribution in [0.2, 0.25) is 5.02 Å². The first-order valence-corrected chi connectivity index (χ1v) is 10.8. The molecule has 3 aromatic rings. The molecule has 1 fully saturated rings. The Morgan fingerprint density at radius 1 is 1.00 bits per heavy atom. The van der Waals surface area contributed by atoms with Gasteiger partial charge >= 0.3 is 0 Å². The Labute approximate surface area is 190 Å². The highest BCUT2D eigenvalue weighted by Crippen LogP contribution is 2.19. The Morgan fingerprint density at radius 2 is 1.81 bits per heavy atom. The first-order valence-electron chi connectivity index (χ1n) is 10.4. The fourth-order valence-corrected chi connectivity index (χ4v) is 3.83. The van der Waals surface area contributed by atoms with Gasteiger partial charge in [-0.1, -0.05) is 17.7 Å². The van der Waals surface area contributed by atoms with Crippen molar-refractivity contribution in [3.8, 4) is 0 Å². The number of nitrogens with zero attached hydrogens (tertiary/aromatic N) is 3. The number of amides is 1. The normalized spacial score (nSPS) is 14.8.